The molecule has 0 aliphatic rings. The van der Waals surface area contributed by atoms with E-state index in [0.717, 1.165) is 5.56 Å². The van der Waals surface area contributed by atoms with Crippen molar-refractivity contribution >= 4 is 15.7 Å². The number of rotatable bonds is 5. The van der Waals surface area contributed by atoms with E-state index in [1.54, 1.807) is 37.4 Å². The van der Waals surface area contributed by atoms with Crippen molar-refractivity contribution in [2.75, 3.05) is 12.8 Å². The number of nitrogens with two attached hydrogens (primary N) is 1. The summed E-state index contributed by atoms with van der Waals surface area (Å²) in [5.41, 5.74) is 7.51. The van der Waals surface area contributed by atoms with Crippen LogP contribution in [0.15, 0.2) is 41.4 Å². The zero-order valence-electron chi connectivity index (χ0n) is 11.8. The molecule has 0 saturated carbocycles. The predicted octanol–water partition coefficient (Wildman–Crippen LogP) is 1.46. The van der Waals surface area contributed by atoms with Crippen molar-refractivity contribution < 1.29 is 13.2 Å². The second-order valence-electron chi connectivity index (χ2n) is 4.56. The van der Waals surface area contributed by atoms with Gasteiger partial charge in [0, 0.05) is 24.5 Å². The fraction of sp³-hybridized carbons (Fsp3) is 0.214. The van der Waals surface area contributed by atoms with Crippen LogP contribution in [0.4, 0.5) is 5.69 Å². The summed E-state index contributed by atoms with van der Waals surface area (Å²) in [7, 11) is -2.06. The molecule has 0 saturated heterocycles. The number of nitrogen functional groups attached to an aromatic ring is 1. The molecule has 6 nitrogen and oxygen atoms in total. The van der Waals surface area contributed by atoms with Gasteiger partial charge >= 0.3 is 0 Å². The molecule has 0 spiro atoms. The van der Waals surface area contributed by atoms with Gasteiger partial charge in [0.25, 0.3) is 0 Å². The molecular formula is C14H17N3O3S. The van der Waals surface area contributed by atoms with Gasteiger partial charge in [-0.3, -0.25) is 0 Å². The van der Waals surface area contributed by atoms with Gasteiger partial charge in [0.15, 0.2) is 0 Å². The van der Waals surface area contributed by atoms with E-state index in [-0.39, 0.29) is 11.4 Å². The van der Waals surface area contributed by atoms with Crippen LogP contribution in [-0.4, -0.2) is 20.5 Å². The molecule has 0 radical (unpaired) electrons. The summed E-state index contributed by atoms with van der Waals surface area (Å²) < 4.78 is 32.0. The standard InChI is InChI=1S/C14H17N3O3S/c1-10-7-12(15)4-5-13(10)21(18,19)17-9-11-3-6-14(20-2)16-8-11/h3-8,17H,9,15H2,1-2H3. The molecule has 0 unspecified atom stereocenters. The molecule has 0 atom stereocenters. The van der Waals surface area contributed by atoms with E-state index in [1.807, 2.05) is 0 Å². The van der Waals surface area contributed by atoms with Gasteiger partial charge < -0.3 is 10.5 Å². The Labute approximate surface area is 124 Å². The molecule has 7 heteroatoms. The molecule has 0 fully saturated rings. The number of ether oxygens (including phenoxy) is 1. The monoisotopic (exact) mass is 307 g/mol. The Morgan fingerprint density at radius 2 is 2.05 bits per heavy atom. The number of anilines is 1. The summed E-state index contributed by atoms with van der Waals surface area (Å²) in [6, 6.07) is 8.13. The van der Waals surface area contributed by atoms with Gasteiger partial charge in [-0.2, -0.15) is 0 Å². The van der Waals surface area contributed by atoms with Crippen molar-refractivity contribution in [3.05, 3.63) is 47.7 Å². The minimum Gasteiger partial charge on any atom is -0.481 e. The number of benzene rings is 1. The molecule has 2 rings (SSSR count). The number of hydrogen-bond donors (Lipinski definition) is 2. The van der Waals surface area contributed by atoms with Crippen molar-refractivity contribution in [1.29, 1.82) is 0 Å². The number of aryl methyl sites for hydroxylation is 1. The first-order valence-corrected chi connectivity index (χ1v) is 7.75. The summed E-state index contributed by atoms with van der Waals surface area (Å²) in [4.78, 5) is 4.25. The molecule has 0 bridgehead atoms. The van der Waals surface area contributed by atoms with Crippen LogP contribution in [-0.2, 0) is 16.6 Å². The molecule has 21 heavy (non-hydrogen) atoms. The number of hydrogen-bond acceptors (Lipinski definition) is 5. The smallest absolute Gasteiger partial charge is 0.241 e. The molecule has 1 aromatic heterocycles. The van der Waals surface area contributed by atoms with E-state index in [9.17, 15) is 8.42 Å². The number of nitrogens with one attached hydrogen (secondary N) is 1. The van der Waals surface area contributed by atoms with Gasteiger partial charge in [0.1, 0.15) is 0 Å². The normalized spacial score (nSPS) is 11.3. The number of sulfonamides is 1. The summed E-state index contributed by atoms with van der Waals surface area (Å²) in [5, 5.41) is 0. The average molecular weight is 307 g/mol. The maximum Gasteiger partial charge on any atom is 0.241 e. The Morgan fingerprint density at radius 3 is 2.62 bits per heavy atom. The van der Waals surface area contributed by atoms with E-state index < -0.39 is 10.0 Å². The first-order chi connectivity index (χ1) is 9.92. The van der Waals surface area contributed by atoms with Crippen LogP contribution in [0.2, 0.25) is 0 Å². The quantitative estimate of drug-likeness (QED) is 0.816. The summed E-state index contributed by atoms with van der Waals surface area (Å²) >= 11 is 0. The Bertz CT molecular complexity index is 728. The number of methoxy groups -OCH3 is 1. The molecule has 0 aliphatic carbocycles. The average Bonchev–Trinajstić information content (AvgIpc) is 2.45. The van der Waals surface area contributed by atoms with Gasteiger partial charge in [0.2, 0.25) is 15.9 Å². The van der Waals surface area contributed by atoms with Crippen LogP contribution >= 0.6 is 0 Å². The first kappa shape index (κ1) is 15.3. The van der Waals surface area contributed by atoms with Gasteiger partial charge in [-0.05, 0) is 36.2 Å². The predicted molar refractivity (Wildman–Crippen MR) is 80.4 cm³/mol. The Kier molecular flexibility index (Phi) is 4.44. The van der Waals surface area contributed by atoms with Crippen LogP contribution in [0.25, 0.3) is 0 Å². The molecule has 2 aromatic rings. The van der Waals surface area contributed by atoms with Crippen molar-refractivity contribution in [3.63, 3.8) is 0 Å². The topological polar surface area (TPSA) is 94.3 Å². The number of aromatic nitrogens is 1. The maximum absolute atomic E-state index is 12.3. The van der Waals surface area contributed by atoms with E-state index in [2.05, 4.69) is 9.71 Å². The van der Waals surface area contributed by atoms with Crippen LogP contribution in [0.1, 0.15) is 11.1 Å². The zero-order valence-corrected chi connectivity index (χ0v) is 12.6. The highest BCUT2D eigenvalue weighted by atomic mass is 32.2. The second kappa shape index (κ2) is 6.11. The maximum atomic E-state index is 12.3. The Hall–Kier alpha value is -2.12. The summed E-state index contributed by atoms with van der Waals surface area (Å²) in [6.07, 6.45) is 1.57. The molecule has 112 valence electrons. The van der Waals surface area contributed by atoms with E-state index >= 15 is 0 Å². The first-order valence-electron chi connectivity index (χ1n) is 6.27. The lowest BCUT2D eigenvalue weighted by Gasteiger charge is -2.10. The van der Waals surface area contributed by atoms with E-state index in [4.69, 9.17) is 10.5 Å². The van der Waals surface area contributed by atoms with Crippen LogP contribution < -0.4 is 15.2 Å². The van der Waals surface area contributed by atoms with Crippen molar-refractivity contribution in [1.82, 2.24) is 9.71 Å². The lowest BCUT2D eigenvalue weighted by molar-refractivity contribution is 0.397. The minimum atomic E-state index is -3.59. The Balaban J connectivity index is 2.13. The highest BCUT2D eigenvalue weighted by Gasteiger charge is 2.16. The third-order valence-electron chi connectivity index (χ3n) is 2.96. The van der Waals surface area contributed by atoms with Gasteiger partial charge in [-0.1, -0.05) is 6.07 Å². The van der Waals surface area contributed by atoms with Gasteiger partial charge in [-0.15, -0.1) is 0 Å². The Morgan fingerprint density at radius 1 is 1.29 bits per heavy atom. The summed E-state index contributed by atoms with van der Waals surface area (Å²) in [6.45, 7) is 1.86. The van der Waals surface area contributed by atoms with Crippen LogP contribution in [0.5, 0.6) is 5.88 Å². The molecule has 0 aliphatic heterocycles. The lowest BCUT2D eigenvalue weighted by Crippen LogP contribution is -2.24. The third kappa shape index (κ3) is 3.71. The van der Waals surface area contributed by atoms with Gasteiger partial charge in [-0.25, -0.2) is 18.1 Å². The van der Waals surface area contributed by atoms with Crippen LogP contribution in [0.3, 0.4) is 0 Å². The SMILES string of the molecule is COc1ccc(CNS(=O)(=O)c2ccc(N)cc2C)cn1. The fourth-order valence-electron chi connectivity index (χ4n) is 1.87. The van der Waals surface area contributed by atoms with Crippen molar-refractivity contribution in [2.24, 2.45) is 0 Å². The molecular weight excluding hydrogens is 290 g/mol. The van der Waals surface area contributed by atoms with E-state index in [0.29, 0.717) is 17.1 Å². The molecule has 0 amide bonds. The van der Waals surface area contributed by atoms with Crippen LogP contribution in [0, 0.1) is 6.92 Å². The number of pyridine rings is 1. The van der Waals surface area contributed by atoms with Gasteiger partial charge in [0.05, 0.1) is 12.0 Å². The lowest BCUT2D eigenvalue weighted by atomic mass is 10.2. The van der Waals surface area contributed by atoms with E-state index in [1.165, 1.54) is 13.2 Å². The highest BCUT2D eigenvalue weighted by molar-refractivity contribution is 7.89. The third-order valence-corrected chi connectivity index (χ3v) is 4.52. The highest BCUT2D eigenvalue weighted by Crippen LogP contribution is 2.18. The van der Waals surface area contributed by atoms with Crippen molar-refractivity contribution in [2.45, 2.75) is 18.4 Å². The number of nitrogens with zero attached hydrogens (tertiary/aromatic N) is 1. The molecule has 3 N–H and O–H groups in total. The second-order valence-corrected chi connectivity index (χ2v) is 6.29. The zero-order chi connectivity index (χ0) is 15.5. The molecule has 1 heterocycles. The molecule has 1 aromatic carbocycles. The largest absolute Gasteiger partial charge is 0.481 e. The van der Waals surface area contributed by atoms with Crippen molar-refractivity contribution in [3.8, 4) is 5.88 Å². The fourth-order valence-corrected chi connectivity index (χ4v) is 3.11. The summed E-state index contributed by atoms with van der Waals surface area (Å²) in [5.74, 6) is 0.482. The minimum absolute atomic E-state index is 0.156.